The van der Waals surface area contributed by atoms with Gasteiger partial charge in [0, 0.05) is 43.9 Å². The van der Waals surface area contributed by atoms with Gasteiger partial charge in [0.2, 0.25) is 0 Å². The molecule has 2 aliphatic rings. The minimum absolute atomic E-state index is 0.0720. The van der Waals surface area contributed by atoms with Crippen molar-refractivity contribution in [3.05, 3.63) is 35.7 Å². The summed E-state index contributed by atoms with van der Waals surface area (Å²) in [7, 11) is 0. The third-order valence-corrected chi connectivity index (χ3v) is 6.87. The maximum absolute atomic E-state index is 13.0. The second-order valence-corrected chi connectivity index (χ2v) is 9.96. The Morgan fingerprint density at radius 1 is 0.900 bits per heavy atom. The fraction of sp³-hybridized carbons (Fsp3) is 0.613. The van der Waals surface area contributed by atoms with Crippen molar-refractivity contribution >= 4 is 22.9 Å². The quantitative estimate of drug-likeness (QED) is 0.360. The number of benzene rings is 1. The van der Waals surface area contributed by atoms with E-state index in [9.17, 15) is 4.79 Å². The average Bonchev–Trinajstić information content (AvgIpc) is 3.39. The molecule has 40 heavy (non-hydrogen) atoms. The largest absolute Gasteiger partial charge is 0.378 e. The lowest BCUT2D eigenvalue weighted by Gasteiger charge is -2.30. The highest BCUT2D eigenvalue weighted by Gasteiger charge is 2.34. The van der Waals surface area contributed by atoms with Gasteiger partial charge >= 0.3 is 0 Å². The summed E-state index contributed by atoms with van der Waals surface area (Å²) in [5, 5.41) is 0. The lowest BCUT2D eigenvalue weighted by atomic mass is 10.1. The number of hydrogen-bond donors (Lipinski definition) is 0. The zero-order valence-electron chi connectivity index (χ0n) is 25.8. The standard InChI is InChI=1S/C27H36N6O3.2C2H6/c1-5-11-32(12-6-2)25(34)20-9-7-19(8-10-20)22-29-23(31-13-16-35-17-14-31)21-24(30-22)33-15-18-36-27(3,4)26(33)28-21;2*1-2/h7-10H,5-6,11-18H2,1-4H3;2*1-2H3. The van der Waals surface area contributed by atoms with Crippen LogP contribution < -0.4 is 4.90 Å². The third kappa shape index (κ3) is 6.63. The smallest absolute Gasteiger partial charge is 0.253 e. The highest BCUT2D eigenvalue weighted by molar-refractivity contribution is 5.95. The Bertz CT molecular complexity index is 1230. The normalized spacial score (nSPS) is 15.8. The van der Waals surface area contributed by atoms with Crippen molar-refractivity contribution in [2.45, 2.75) is 80.4 Å². The van der Waals surface area contributed by atoms with Gasteiger partial charge in [0.25, 0.3) is 5.91 Å². The number of imidazole rings is 1. The predicted octanol–water partition coefficient (Wildman–Crippen LogP) is 5.91. The lowest BCUT2D eigenvalue weighted by Crippen LogP contribution is -2.37. The van der Waals surface area contributed by atoms with E-state index in [2.05, 4.69) is 23.3 Å². The molecular formula is C31H48N6O3. The van der Waals surface area contributed by atoms with E-state index in [1.807, 2.05) is 70.7 Å². The summed E-state index contributed by atoms with van der Waals surface area (Å²) in [6, 6.07) is 7.68. The Kier molecular flexibility index (Phi) is 11.5. The average molecular weight is 553 g/mol. The van der Waals surface area contributed by atoms with Crippen LogP contribution in [0.2, 0.25) is 0 Å². The number of aromatic nitrogens is 4. The fourth-order valence-corrected chi connectivity index (χ4v) is 5.04. The Hall–Kier alpha value is -3.04. The monoisotopic (exact) mass is 552 g/mol. The number of hydrogen-bond acceptors (Lipinski definition) is 7. The van der Waals surface area contributed by atoms with Gasteiger partial charge in [-0.3, -0.25) is 4.79 Å². The van der Waals surface area contributed by atoms with E-state index in [0.29, 0.717) is 37.8 Å². The zero-order valence-corrected chi connectivity index (χ0v) is 25.8. The van der Waals surface area contributed by atoms with Crippen molar-refractivity contribution in [1.82, 2.24) is 24.4 Å². The van der Waals surface area contributed by atoms with Crippen molar-refractivity contribution in [3.63, 3.8) is 0 Å². The summed E-state index contributed by atoms with van der Waals surface area (Å²) >= 11 is 0. The van der Waals surface area contributed by atoms with E-state index in [-0.39, 0.29) is 5.91 Å². The van der Waals surface area contributed by atoms with Crippen LogP contribution in [0.4, 0.5) is 5.82 Å². The van der Waals surface area contributed by atoms with Crippen molar-refractivity contribution < 1.29 is 14.3 Å². The van der Waals surface area contributed by atoms with Crippen LogP contribution in [0.1, 0.15) is 84.4 Å². The van der Waals surface area contributed by atoms with Crippen LogP contribution in [-0.2, 0) is 21.6 Å². The summed E-state index contributed by atoms with van der Waals surface area (Å²) in [6.45, 7) is 22.0. The molecule has 0 unspecified atom stereocenters. The molecule has 1 aromatic carbocycles. The van der Waals surface area contributed by atoms with Gasteiger partial charge in [0.1, 0.15) is 11.4 Å². The van der Waals surface area contributed by atoms with Crippen LogP contribution in [0.15, 0.2) is 24.3 Å². The van der Waals surface area contributed by atoms with Gasteiger partial charge in [-0.2, -0.15) is 0 Å². The Morgan fingerprint density at radius 2 is 1.52 bits per heavy atom. The number of ether oxygens (including phenoxy) is 2. The number of carbonyl (C=O) groups is 1. The first-order chi connectivity index (χ1) is 19.4. The van der Waals surface area contributed by atoms with Crippen LogP contribution >= 0.6 is 0 Å². The summed E-state index contributed by atoms with van der Waals surface area (Å²) in [6.07, 6.45) is 1.89. The number of amides is 1. The van der Waals surface area contributed by atoms with Gasteiger partial charge in [0.15, 0.2) is 22.8 Å². The molecule has 0 N–H and O–H groups in total. The van der Waals surface area contributed by atoms with E-state index in [1.165, 1.54) is 0 Å². The van der Waals surface area contributed by atoms with E-state index in [4.69, 9.17) is 24.4 Å². The van der Waals surface area contributed by atoms with Gasteiger partial charge in [-0.1, -0.05) is 53.7 Å². The SMILES string of the molecule is CC.CC.CCCN(CCC)C(=O)c1ccc(-c2nc(N3CCOCC3)c3nc4n(c3n2)CCOC4(C)C)cc1. The molecule has 1 saturated heterocycles. The molecule has 0 saturated carbocycles. The van der Waals surface area contributed by atoms with Crippen LogP contribution in [0.25, 0.3) is 22.6 Å². The third-order valence-electron chi connectivity index (χ3n) is 6.87. The van der Waals surface area contributed by atoms with E-state index >= 15 is 0 Å². The van der Waals surface area contributed by atoms with Gasteiger partial charge in [0.05, 0.1) is 19.8 Å². The van der Waals surface area contributed by atoms with E-state index in [1.54, 1.807) is 0 Å². The number of anilines is 1. The summed E-state index contributed by atoms with van der Waals surface area (Å²) in [5.74, 6) is 2.41. The topological polar surface area (TPSA) is 85.6 Å². The van der Waals surface area contributed by atoms with Crippen molar-refractivity contribution in [3.8, 4) is 11.4 Å². The van der Waals surface area contributed by atoms with Crippen LogP contribution in [-0.4, -0.2) is 76.3 Å². The maximum Gasteiger partial charge on any atom is 0.253 e. The summed E-state index contributed by atoms with van der Waals surface area (Å²) < 4.78 is 13.8. The van der Waals surface area contributed by atoms with E-state index in [0.717, 1.165) is 67.4 Å². The predicted molar refractivity (Wildman–Crippen MR) is 162 cm³/mol. The molecule has 9 heteroatoms. The highest BCUT2D eigenvalue weighted by Crippen LogP contribution is 2.35. The Balaban J connectivity index is 0.00000106. The zero-order chi connectivity index (χ0) is 29.3. The van der Waals surface area contributed by atoms with E-state index < -0.39 is 5.60 Å². The minimum atomic E-state index is -0.494. The van der Waals surface area contributed by atoms with Crippen molar-refractivity contribution in [2.24, 2.45) is 0 Å². The molecule has 4 heterocycles. The van der Waals surface area contributed by atoms with Crippen molar-refractivity contribution in [1.29, 1.82) is 0 Å². The molecule has 3 aromatic rings. The molecule has 0 bridgehead atoms. The first-order valence-corrected chi connectivity index (χ1v) is 15.1. The second-order valence-electron chi connectivity index (χ2n) is 9.96. The molecule has 0 radical (unpaired) electrons. The van der Waals surface area contributed by atoms with Gasteiger partial charge in [-0.15, -0.1) is 0 Å². The summed E-state index contributed by atoms with van der Waals surface area (Å²) in [4.78, 5) is 32.2. The van der Waals surface area contributed by atoms with Crippen LogP contribution in [0, 0.1) is 0 Å². The molecule has 9 nitrogen and oxygen atoms in total. The second kappa shape index (κ2) is 14.6. The molecule has 1 fully saturated rings. The number of fused-ring (bicyclic) bond motifs is 3. The van der Waals surface area contributed by atoms with Crippen LogP contribution in [0.3, 0.4) is 0 Å². The molecule has 220 valence electrons. The van der Waals surface area contributed by atoms with Crippen molar-refractivity contribution in [2.75, 3.05) is 50.9 Å². The van der Waals surface area contributed by atoms with Gasteiger partial charge in [-0.05, 0) is 38.8 Å². The first kappa shape index (κ1) is 31.5. The Morgan fingerprint density at radius 3 is 2.12 bits per heavy atom. The highest BCUT2D eigenvalue weighted by atomic mass is 16.5. The summed E-state index contributed by atoms with van der Waals surface area (Å²) in [5.41, 5.74) is 2.70. The molecule has 0 atom stereocenters. The maximum atomic E-state index is 13.0. The molecular weight excluding hydrogens is 504 g/mol. The molecule has 5 rings (SSSR count). The molecule has 1 amide bonds. The fourth-order valence-electron chi connectivity index (χ4n) is 5.04. The molecule has 0 aliphatic carbocycles. The van der Waals surface area contributed by atoms with Gasteiger partial charge < -0.3 is 23.8 Å². The van der Waals surface area contributed by atoms with Gasteiger partial charge in [-0.25, -0.2) is 15.0 Å². The molecule has 2 aliphatic heterocycles. The molecule has 0 spiro atoms. The lowest BCUT2D eigenvalue weighted by molar-refractivity contribution is -0.0530. The molecule has 2 aromatic heterocycles. The minimum Gasteiger partial charge on any atom is -0.378 e. The first-order valence-electron chi connectivity index (χ1n) is 15.1. The number of carbonyl (C=O) groups excluding carboxylic acids is 1. The van der Waals surface area contributed by atoms with Crippen LogP contribution in [0.5, 0.6) is 0 Å². The number of nitrogens with zero attached hydrogens (tertiary/aromatic N) is 6. The number of morpholine rings is 1. The number of rotatable bonds is 7. The Labute approximate surface area is 239 Å².